The first-order valence-electron chi connectivity index (χ1n) is 7.68. The highest BCUT2D eigenvalue weighted by atomic mass is 35.5. The molecule has 2 aromatic carbocycles. The number of rotatable bonds is 5. The summed E-state index contributed by atoms with van der Waals surface area (Å²) in [7, 11) is 1.89. The van der Waals surface area contributed by atoms with E-state index in [0.29, 0.717) is 11.6 Å². The number of halogens is 1. The second-order valence-electron chi connectivity index (χ2n) is 5.69. The fourth-order valence-corrected chi connectivity index (χ4v) is 2.79. The minimum Gasteiger partial charge on any atom is -0.489 e. The van der Waals surface area contributed by atoms with E-state index >= 15 is 0 Å². The van der Waals surface area contributed by atoms with Crippen LogP contribution in [0.1, 0.15) is 16.8 Å². The second-order valence-corrected chi connectivity index (χ2v) is 6.13. The molecule has 3 rings (SSSR count). The Morgan fingerprint density at radius 2 is 1.88 bits per heavy atom. The molecule has 0 saturated heterocycles. The lowest BCUT2D eigenvalue weighted by atomic mass is 10.0. The zero-order valence-corrected chi connectivity index (χ0v) is 14.4. The normalized spacial score (nSPS) is 10.8. The van der Waals surface area contributed by atoms with Crippen molar-refractivity contribution in [3.05, 3.63) is 70.5 Å². The van der Waals surface area contributed by atoms with Crippen molar-refractivity contribution in [2.45, 2.75) is 20.1 Å². The van der Waals surface area contributed by atoms with Crippen LogP contribution in [0, 0.1) is 6.92 Å². The summed E-state index contributed by atoms with van der Waals surface area (Å²) in [5, 5.41) is 14.8. The van der Waals surface area contributed by atoms with E-state index in [9.17, 15) is 5.11 Å². The molecule has 1 N–H and O–H groups in total. The Hall–Kier alpha value is -2.30. The lowest BCUT2D eigenvalue weighted by molar-refractivity contribution is 0.278. The summed E-state index contributed by atoms with van der Waals surface area (Å²) >= 11 is 5.88. The molecule has 0 aliphatic rings. The number of hydrogen-bond acceptors (Lipinski definition) is 3. The van der Waals surface area contributed by atoms with Gasteiger partial charge in [-0.15, -0.1) is 0 Å². The van der Waals surface area contributed by atoms with E-state index < -0.39 is 0 Å². The smallest absolute Gasteiger partial charge is 0.120 e. The summed E-state index contributed by atoms with van der Waals surface area (Å²) in [5.74, 6) is 0.722. The standard InChI is InChI=1S/C19H19ClN2O2/c1-13-19(10-22(2)21-13)18-8-7-17(9-15(18)11-23)24-12-14-3-5-16(20)6-4-14/h3-10,23H,11-12H2,1-2H3. The van der Waals surface area contributed by atoms with E-state index in [0.717, 1.165) is 33.7 Å². The van der Waals surface area contributed by atoms with Gasteiger partial charge in [0.25, 0.3) is 0 Å². The molecule has 1 aromatic heterocycles. The highest BCUT2D eigenvalue weighted by Gasteiger charge is 2.11. The number of aliphatic hydroxyl groups is 1. The third-order valence-corrected chi connectivity index (χ3v) is 4.12. The van der Waals surface area contributed by atoms with Crippen LogP contribution in [0.2, 0.25) is 5.02 Å². The predicted molar refractivity (Wildman–Crippen MR) is 95.1 cm³/mol. The Morgan fingerprint density at radius 1 is 1.12 bits per heavy atom. The molecule has 0 fully saturated rings. The van der Waals surface area contributed by atoms with E-state index in [4.69, 9.17) is 16.3 Å². The molecule has 0 aliphatic heterocycles. The first-order chi connectivity index (χ1) is 11.6. The van der Waals surface area contributed by atoms with E-state index in [1.807, 2.05) is 62.6 Å². The van der Waals surface area contributed by atoms with Crippen molar-refractivity contribution in [3.63, 3.8) is 0 Å². The van der Waals surface area contributed by atoms with Crippen molar-refractivity contribution in [2.75, 3.05) is 0 Å². The zero-order valence-electron chi connectivity index (χ0n) is 13.7. The lowest BCUT2D eigenvalue weighted by Gasteiger charge is -2.11. The first kappa shape index (κ1) is 16.6. The number of aliphatic hydroxyl groups excluding tert-OH is 1. The van der Waals surface area contributed by atoms with Crippen LogP contribution in [0.4, 0.5) is 0 Å². The summed E-state index contributed by atoms with van der Waals surface area (Å²) in [6.45, 7) is 2.36. The van der Waals surface area contributed by atoms with E-state index in [1.165, 1.54) is 0 Å². The van der Waals surface area contributed by atoms with Gasteiger partial charge >= 0.3 is 0 Å². The number of hydrogen-bond donors (Lipinski definition) is 1. The van der Waals surface area contributed by atoms with Gasteiger partial charge in [-0.25, -0.2) is 0 Å². The van der Waals surface area contributed by atoms with E-state index in [2.05, 4.69) is 5.10 Å². The van der Waals surface area contributed by atoms with Crippen LogP contribution in [-0.2, 0) is 20.3 Å². The van der Waals surface area contributed by atoms with Gasteiger partial charge in [0.2, 0.25) is 0 Å². The molecule has 24 heavy (non-hydrogen) atoms. The Balaban J connectivity index is 1.81. The predicted octanol–water partition coefficient (Wildman–Crippen LogP) is 4.12. The third kappa shape index (κ3) is 3.61. The summed E-state index contributed by atoms with van der Waals surface area (Å²) in [5.41, 5.74) is 4.78. The molecule has 0 aliphatic carbocycles. The van der Waals surface area contributed by atoms with Crippen molar-refractivity contribution >= 4 is 11.6 Å². The molecule has 0 amide bonds. The molecule has 4 nitrogen and oxygen atoms in total. The molecule has 0 saturated carbocycles. The lowest BCUT2D eigenvalue weighted by Crippen LogP contribution is -1.97. The fraction of sp³-hybridized carbons (Fsp3) is 0.211. The van der Waals surface area contributed by atoms with Crippen LogP contribution < -0.4 is 4.74 Å². The number of ether oxygens (including phenoxy) is 1. The Labute approximate surface area is 146 Å². The molecule has 0 radical (unpaired) electrons. The van der Waals surface area contributed by atoms with Gasteiger partial charge in [0.05, 0.1) is 12.3 Å². The van der Waals surface area contributed by atoms with Crippen LogP contribution in [0.25, 0.3) is 11.1 Å². The quantitative estimate of drug-likeness (QED) is 0.758. The van der Waals surface area contributed by atoms with Gasteiger partial charge in [0.15, 0.2) is 0 Å². The van der Waals surface area contributed by atoms with Gasteiger partial charge in [0.1, 0.15) is 12.4 Å². The summed E-state index contributed by atoms with van der Waals surface area (Å²) in [6, 6.07) is 13.3. The number of aryl methyl sites for hydroxylation is 2. The molecule has 0 spiro atoms. The largest absolute Gasteiger partial charge is 0.489 e. The van der Waals surface area contributed by atoms with Gasteiger partial charge in [-0.3, -0.25) is 4.68 Å². The van der Waals surface area contributed by atoms with Gasteiger partial charge < -0.3 is 9.84 Å². The van der Waals surface area contributed by atoms with Gasteiger partial charge in [-0.05, 0) is 47.9 Å². The van der Waals surface area contributed by atoms with Gasteiger partial charge in [-0.1, -0.05) is 29.8 Å². The Morgan fingerprint density at radius 3 is 2.50 bits per heavy atom. The maximum absolute atomic E-state index is 9.72. The van der Waals surface area contributed by atoms with Crippen molar-refractivity contribution < 1.29 is 9.84 Å². The van der Waals surface area contributed by atoms with Gasteiger partial charge in [-0.2, -0.15) is 5.10 Å². The fourth-order valence-electron chi connectivity index (χ4n) is 2.66. The molecular formula is C19H19ClN2O2. The number of aromatic nitrogens is 2. The molecule has 124 valence electrons. The van der Waals surface area contributed by atoms with Crippen molar-refractivity contribution in [3.8, 4) is 16.9 Å². The monoisotopic (exact) mass is 342 g/mol. The second kappa shape index (κ2) is 7.07. The molecule has 0 unspecified atom stereocenters. The molecule has 0 atom stereocenters. The minimum absolute atomic E-state index is 0.0538. The molecule has 3 aromatic rings. The van der Waals surface area contributed by atoms with Crippen LogP contribution >= 0.6 is 11.6 Å². The Bertz CT molecular complexity index is 841. The summed E-state index contributed by atoms with van der Waals surface area (Å²) in [4.78, 5) is 0. The molecule has 0 bridgehead atoms. The highest BCUT2D eigenvalue weighted by Crippen LogP contribution is 2.29. The van der Waals surface area contributed by atoms with Crippen LogP contribution in [0.3, 0.4) is 0 Å². The molecule has 5 heteroatoms. The maximum Gasteiger partial charge on any atom is 0.120 e. The van der Waals surface area contributed by atoms with Crippen molar-refractivity contribution in [1.82, 2.24) is 9.78 Å². The first-order valence-corrected chi connectivity index (χ1v) is 8.06. The highest BCUT2D eigenvalue weighted by molar-refractivity contribution is 6.30. The molecular weight excluding hydrogens is 324 g/mol. The topological polar surface area (TPSA) is 47.3 Å². The van der Waals surface area contributed by atoms with Crippen molar-refractivity contribution in [2.24, 2.45) is 7.05 Å². The van der Waals surface area contributed by atoms with Crippen molar-refractivity contribution in [1.29, 1.82) is 0 Å². The summed E-state index contributed by atoms with van der Waals surface area (Å²) in [6.07, 6.45) is 1.96. The number of benzene rings is 2. The van der Waals surface area contributed by atoms with Crippen LogP contribution in [0.15, 0.2) is 48.7 Å². The average Bonchev–Trinajstić information content (AvgIpc) is 2.92. The van der Waals surface area contributed by atoms with E-state index in [-0.39, 0.29) is 6.61 Å². The zero-order chi connectivity index (χ0) is 17.1. The molecule has 1 heterocycles. The van der Waals surface area contributed by atoms with Crippen LogP contribution in [0.5, 0.6) is 5.75 Å². The third-order valence-electron chi connectivity index (χ3n) is 3.87. The minimum atomic E-state index is -0.0538. The SMILES string of the molecule is Cc1nn(C)cc1-c1ccc(OCc2ccc(Cl)cc2)cc1CO. The van der Waals surface area contributed by atoms with E-state index in [1.54, 1.807) is 4.68 Å². The average molecular weight is 343 g/mol. The number of nitrogens with zero attached hydrogens (tertiary/aromatic N) is 2. The van der Waals surface area contributed by atoms with Gasteiger partial charge in [0, 0.05) is 23.8 Å². The Kier molecular flexibility index (Phi) is 4.88. The van der Waals surface area contributed by atoms with Crippen LogP contribution in [-0.4, -0.2) is 14.9 Å². The maximum atomic E-state index is 9.72. The summed E-state index contributed by atoms with van der Waals surface area (Å²) < 4.78 is 7.60.